The molecular weight excluding hydrogens is 822 g/mol. The number of hydrogen-bond donors (Lipinski definition) is 0. The lowest BCUT2D eigenvalue weighted by Crippen LogP contribution is -2.63. The van der Waals surface area contributed by atoms with E-state index in [1.165, 1.54) is 12.8 Å². The number of hydrogen-bond acceptors (Lipinski definition) is 6. The summed E-state index contributed by atoms with van der Waals surface area (Å²) < 4.78 is 279. The van der Waals surface area contributed by atoms with Crippen molar-refractivity contribution in [3.8, 4) is 0 Å². The van der Waals surface area contributed by atoms with Crippen molar-refractivity contribution in [1.29, 1.82) is 0 Å². The van der Waals surface area contributed by atoms with Crippen LogP contribution in [0.5, 0.6) is 0 Å². The van der Waals surface area contributed by atoms with E-state index in [1.807, 2.05) is 24.9 Å². The van der Waals surface area contributed by atoms with Crippen LogP contribution in [0.3, 0.4) is 0 Å². The number of halogens is 18. The van der Waals surface area contributed by atoms with Gasteiger partial charge in [-0.3, -0.25) is 0 Å². The molecule has 30 heteroatoms. The van der Waals surface area contributed by atoms with Crippen LogP contribution in [0, 0.1) is 0 Å². The summed E-state index contributed by atoms with van der Waals surface area (Å²) in [4.78, 5) is 0. The maximum atomic E-state index is 12.2. The van der Waals surface area contributed by atoms with E-state index >= 15 is 0 Å². The van der Waals surface area contributed by atoms with Gasteiger partial charge in [0.1, 0.15) is 24.8 Å². The van der Waals surface area contributed by atoms with Crippen molar-refractivity contribution in [2.45, 2.75) is 86.3 Å². The average molecular weight is 849 g/mol. The van der Waals surface area contributed by atoms with Crippen molar-refractivity contribution in [1.82, 2.24) is 9.13 Å². The molecule has 0 saturated heterocycles. The van der Waals surface area contributed by atoms with Gasteiger partial charge in [0.05, 0.1) is 27.2 Å². The predicted molar refractivity (Wildman–Crippen MR) is 133 cm³/mol. The second-order valence-corrected chi connectivity index (χ2v) is 12.7. The largest absolute Gasteiger partial charge is 0.743 e. The summed E-state index contributed by atoms with van der Waals surface area (Å²) in [7, 11) is -10.8. The molecule has 2 aromatic heterocycles. The summed E-state index contributed by atoms with van der Waals surface area (Å²) in [6.07, 6.45) is 0.635. The zero-order chi connectivity index (χ0) is 42.4. The van der Waals surface area contributed by atoms with Crippen LogP contribution in [0.15, 0.2) is 37.4 Å². The molecule has 0 bridgehead atoms. The zero-order valence-corrected chi connectivity index (χ0v) is 27.8. The molecule has 52 heavy (non-hydrogen) atoms. The van der Waals surface area contributed by atoms with Gasteiger partial charge in [-0.2, -0.15) is 79.0 Å². The molecule has 2 aromatic rings. The highest BCUT2D eigenvalue weighted by molar-refractivity contribution is 7.87. The van der Waals surface area contributed by atoms with Crippen molar-refractivity contribution in [3.63, 3.8) is 0 Å². The van der Waals surface area contributed by atoms with Crippen LogP contribution in [0.1, 0.15) is 26.7 Å². The number of unbranched alkanes of at least 4 members (excludes halogenated alkanes) is 1. The lowest BCUT2D eigenvalue weighted by atomic mass is 10.1. The van der Waals surface area contributed by atoms with E-state index in [0.717, 1.165) is 13.1 Å². The fourth-order valence-corrected chi connectivity index (χ4v) is 3.58. The van der Waals surface area contributed by atoms with Gasteiger partial charge in [-0.25, -0.2) is 35.1 Å². The van der Waals surface area contributed by atoms with Gasteiger partial charge in [0.2, 0.25) is 12.7 Å². The summed E-state index contributed by atoms with van der Waals surface area (Å²) in [6, 6.07) is 0. The van der Waals surface area contributed by atoms with Gasteiger partial charge in [0.15, 0.2) is 20.2 Å². The number of imidazole rings is 2. The molecule has 0 N–H and O–H groups in total. The van der Waals surface area contributed by atoms with E-state index in [1.54, 1.807) is 0 Å². The fourth-order valence-electron chi connectivity index (χ4n) is 2.70. The molecule has 0 fully saturated rings. The van der Waals surface area contributed by atoms with Crippen molar-refractivity contribution in [2.24, 2.45) is 14.1 Å². The lowest BCUT2D eigenvalue weighted by molar-refractivity contribution is -0.671. The molecule has 0 aliphatic carbocycles. The smallest absolute Gasteiger partial charge is 0.460 e. The second-order valence-electron chi connectivity index (χ2n) is 9.81. The maximum Gasteiger partial charge on any atom is 0.460 e. The van der Waals surface area contributed by atoms with Gasteiger partial charge in [-0.15, -0.1) is 0 Å². The molecule has 2 heterocycles. The first-order chi connectivity index (χ1) is 22.7. The molecule has 0 amide bonds. The Bertz CT molecular complexity index is 1560. The second kappa shape index (κ2) is 17.0. The molecule has 0 aliphatic heterocycles. The summed E-state index contributed by atoms with van der Waals surface area (Å²) in [6.45, 7) is 6.54. The van der Waals surface area contributed by atoms with Crippen LogP contribution in [0.4, 0.5) is 79.0 Å². The number of rotatable bonds is 10. The average Bonchev–Trinajstić information content (AvgIpc) is 3.57. The topological polar surface area (TPSA) is 132 Å². The van der Waals surface area contributed by atoms with Crippen LogP contribution in [-0.2, 0) is 47.4 Å². The monoisotopic (exact) mass is 848 g/mol. The van der Waals surface area contributed by atoms with Crippen LogP contribution in [0.2, 0.25) is 0 Å². The van der Waals surface area contributed by atoms with E-state index in [0.29, 0.717) is 0 Å². The summed E-state index contributed by atoms with van der Waals surface area (Å²) in [5, 5.41) is -14.2. The van der Waals surface area contributed by atoms with E-state index in [2.05, 4.69) is 58.8 Å². The standard InChI is InChI=1S/C8H15N2.C6H11N2.2C4HF9O3S/c1-3-4-5-10-7-6-9(2)8-10;1-3-8-5-4-7(2)6-8;2*5-1(6,3(9,10)11)2(7,8)4(12,13)17(14,15)16/h6-8H,3-5H2,1-2H3;4-6H,3H2,1-2H3;2*(H,14,15,16)/q2*+1;;/p-2. The summed E-state index contributed by atoms with van der Waals surface area (Å²) >= 11 is 0. The molecular formula is C22H26F18N4O6S2. The van der Waals surface area contributed by atoms with E-state index in [9.17, 15) is 105 Å². The minimum absolute atomic E-state index is 1.06. The highest BCUT2D eigenvalue weighted by Crippen LogP contribution is 2.55. The van der Waals surface area contributed by atoms with Crippen molar-refractivity contribution in [3.05, 3.63) is 37.4 Å². The molecule has 0 aliphatic rings. The van der Waals surface area contributed by atoms with Gasteiger partial charge in [-0.05, 0) is 13.3 Å². The Morgan fingerprint density at radius 2 is 0.827 bits per heavy atom. The van der Waals surface area contributed by atoms with Gasteiger partial charge in [-0.1, -0.05) is 13.3 Å². The molecule has 308 valence electrons. The van der Waals surface area contributed by atoms with Gasteiger partial charge in [0, 0.05) is 0 Å². The minimum Gasteiger partial charge on any atom is -0.743 e. The van der Waals surface area contributed by atoms with Crippen molar-refractivity contribution in [2.75, 3.05) is 0 Å². The molecule has 0 aromatic carbocycles. The first-order valence-corrected chi connectivity index (χ1v) is 15.8. The Morgan fingerprint density at radius 3 is 1.00 bits per heavy atom. The van der Waals surface area contributed by atoms with Gasteiger partial charge >= 0.3 is 46.6 Å². The quantitative estimate of drug-likeness (QED) is 0.180. The highest BCUT2D eigenvalue weighted by atomic mass is 32.2. The Morgan fingerprint density at radius 1 is 0.538 bits per heavy atom. The van der Waals surface area contributed by atoms with Gasteiger partial charge in [0.25, 0.3) is 0 Å². The number of aryl methyl sites for hydroxylation is 4. The normalized spacial score (nSPS) is 14.0. The Hall–Kier alpha value is -3.02. The summed E-state index contributed by atoms with van der Waals surface area (Å²) in [5.74, 6) is -29.6. The van der Waals surface area contributed by atoms with Crippen LogP contribution in [-0.4, -0.2) is 81.6 Å². The SMILES string of the molecule is CCCCn1cc[n+](C)c1.CCn1cc[n+](C)c1.O=S(=O)([O-])C(F)(F)C(F)(F)C(F)(F)C(F)(F)F.O=S(=O)([O-])C(F)(F)C(F)(F)C(F)(F)C(F)(F)F. The minimum atomic E-state index is -7.43. The first kappa shape index (κ1) is 51.1. The third-order valence-electron chi connectivity index (χ3n) is 5.64. The molecule has 10 nitrogen and oxygen atoms in total. The summed E-state index contributed by atoms with van der Waals surface area (Å²) in [5.41, 5.74) is 0. The number of nitrogens with zero attached hydrogens (tertiary/aromatic N) is 4. The molecule has 0 spiro atoms. The Balaban J connectivity index is 0. The maximum absolute atomic E-state index is 12.2. The van der Waals surface area contributed by atoms with Crippen molar-refractivity contribution >= 4 is 20.2 Å². The van der Waals surface area contributed by atoms with Crippen molar-refractivity contribution < 1.29 is 114 Å². The molecule has 0 saturated carbocycles. The molecule has 0 radical (unpaired) electrons. The third kappa shape index (κ3) is 11.5. The lowest BCUT2D eigenvalue weighted by Gasteiger charge is -2.34. The van der Waals surface area contributed by atoms with Crippen LogP contribution < -0.4 is 9.13 Å². The fraction of sp³-hybridized carbons (Fsp3) is 0.727. The highest BCUT2D eigenvalue weighted by Gasteiger charge is 2.85. The number of alkyl halides is 18. The third-order valence-corrected chi connectivity index (χ3v) is 7.41. The first-order valence-electron chi connectivity index (χ1n) is 13.0. The van der Waals surface area contributed by atoms with Crippen LogP contribution >= 0.6 is 0 Å². The molecule has 0 unspecified atom stereocenters. The number of aromatic nitrogens is 4. The molecule has 0 atom stereocenters. The predicted octanol–water partition coefficient (Wildman–Crippen LogP) is 5.36. The Kier molecular flexibility index (Phi) is 16.7. The zero-order valence-electron chi connectivity index (χ0n) is 26.2. The van der Waals surface area contributed by atoms with E-state index in [4.69, 9.17) is 0 Å². The molecule has 2 rings (SSSR count). The van der Waals surface area contributed by atoms with Crippen LogP contribution in [0.25, 0.3) is 0 Å². The van der Waals surface area contributed by atoms with E-state index in [-0.39, 0.29) is 0 Å². The van der Waals surface area contributed by atoms with Gasteiger partial charge < -0.3 is 9.11 Å². The Labute approximate surface area is 281 Å². The van der Waals surface area contributed by atoms with E-state index < -0.39 is 66.8 Å².